The Morgan fingerprint density at radius 2 is 2.13 bits per heavy atom. The van der Waals surface area contributed by atoms with Crippen LogP contribution in [0.3, 0.4) is 0 Å². The molecule has 0 amide bonds. The molecular formula is C11H12BrFO2. The van der Waals surface area contributed by atoms with Crippen molar-refractivity contribution in [1.82, 2.24) is 0 Å². The summed E-state index contributed by atoms with van der Waals surface area (Å²) >= 11 is 3.30. The molecule has 0 aliphatic heterocycles. The van der Waals surface area contributed by atoms with Crippen LogP contribution in [0.4, 0.5) is 4.39 Å². The third kappa shape index (κ3) is 3.30. The normalized spacial score (nSPS) is 12.4. The maximum absolute atomic E-state index is 12.0. The molecule has 0 radical (unpaired) electrons. The lowest BCUT2D eigenvalue weighted by atomic mass is 9.95. The highest BCUT2D eigenvalue weighted by atomic mass is 79.9. The lowest BCUT2D eigenvalue weighted by Gasteiger charge is -2.13. The number of hydrogen-bond donors (Lipinski definition) is 1. The molecular weight excluding hydrogens is 263 g/mol. The molecule has 0 saturated heterocycles. The number of carboxylic acid groups (broad SMARTS) is 1. The second-order valence-electron chi connectivity index (χ2n) is 3.24. The largest absolute Gasteiger partial charge is 0.481 e. The van der Waals surface area contributed by atoms with Crippen LogP contribution in [0, 0.1) is 0 Å². The maximum atomic E-state index is 12.0. The summed E-state index contributed by atoms with van der Waals surface area (Å²) in [6.45, 7) is -0.478. The van der Waals surface area contributed by atoms with E-state index in [1.54, 1.807) is 18.2 Å². The van der Waals surface area contributed by atoms with Crippen LogP contribution in [-0.2, 0) is 4.79 Å². The van der Waals surface area contributed by atoms with E-state index in [2.05, 4.69) is 15.9 Å². The van der Waals surface area contributed by atoms with Crippen molar-refractivity contribution in [2.24, 2.45) is 0 Å². The first kappa shape index (κ1) is 12.2. The predicted molar refractivity (Wildman–Crippen MR) is 59.7 cm³/mol. The topological polar surface area (TPSA) is 37.3 Å². The minimum absolute atomic E-state index is 0.276. The smallest absolute Gasteiger partial charge is 0.311 e. The fraction of sp³-hybridized carbons (Fsp3) is 0.364. The molecule has 0 fully saturated rings. The van der Waals surface area contributed by atoms with E-state index in [1.807, 2.05) is 6.07 Å². The zero-order valence-electron chi connectivity index (χ0n) is 8.12. The molecule has 0 aliphatic rings. The second-order valence-corrected chi connectivity index (χ2v) is 4.10. The van der Waals surface area contributed by atoms with E-state index in [4.69, 9.17) is 5.11 Å². The molecule has 1 atom stereocenters. The average molecular weight is 275 g/mol. The second kappa shape index (κ2) is 5.85. The van der Waals surface area contributed by atoms with E-state index in [0.29, 0.717) is 12.0 Å². The van der Waals surface area contributed by atoms with Gasteiger partial charge in [-0.25, -0.2) is 0 Å². The summed E-state index contributed by atoms with van der Waals surface area (Å²) in [6.07, 6.45) is 0.604. The number of rotatable bonds is 5. The Morgan fingerprint density at radius 1 is 1.47 bits per heavy atom. The third-order valence-corrected chi connectivity index (χ3v) is 2.93. The molecule has 1 aromatic rings. The van der Waals surface area contributed by atoms with Gasteiger partial charge in [0.25, 0.3) is 0 Å². The van der Waals surface area contributed by atoms with Crippen LogP contribution in [0.1, 0.15) is 24.3 Å². The van der Waals surface area contributed by atoms with Gasteiger partial charge in [-0.2, -0.15) is 0 Å². The van der Waals surface area contributed by atoms with Gasteiger partial charge in [0.05, 0.1) is 12.6 Å². The van der Waals surface area contributed by atoms with Gasteiger partial charge in [-0.3, -0.25) is 9.18 Å². The monoisotopic (exact) mass is 274 g/mol. The number of aliphatic carboxylic acids is 1. The van der Waals surface area contributed by atoms with Crippen LogP contribution < -0.4 is 0 Å². The molecule has 1 rings (SSSR count). The number of alkyl halides is 1. The van der Waals surface area contributed by atoms with E-state index >= 15 is 0 Å². The summed E-state index contributed by atoms with van der Waals surface area (Å²) in [7, 11) is 0. The Bertz CT molecular complexity index is 341. The highest BCUT2D eigenvalue weighted by molar-refractivity contribution is 9.10. The van der Waals surface area contributed by atoms with E-state index in [1.165, 1.54) is 0 Å². The van der Waals surface area contributed by atoms with Crippen molar-refractivity contribution in [1.29, 1.82) is 0 Å². The fourth-order valence-electron chi connectivity index (χ4n) is 1.45. The van der Waals surface area contributed by atoms with Crippen molar-refractivity contribution >= 4 is 21.9 Å². The standard InChI is InChI=1S/C11H12BrFO2/c12-10-6-2-1-4-8(10)9(11(14)15)5-3-7-13/h1-2,4,6,9H,3,5,7H2,(H,14,15). The van der Waals surface area contributed by atoms with E-state index in [0.717, 1.165) is 4.47 Å². The molecule has 0 aliphatic carbocycles. The van der Waals surface area contributed by atoms with Crippen molar-refractivity contribution in [2.45, 2.75) is 18.8 Å². The van der Waals surface area contributed by atoms with Gasteiger partial charge in [-0.15, -0.1) is 0 Å². The van der Waals surface area contributed by atoms with Gasteiger partial charge in [0.2, 0.25) is 0 Å². The molecule has 2 nitrogen and oxygen atoms in total. The van der Waals surface area contributed by atoms with Gasteiger partial charge >= 0.3 is 5.97 Å². The van der Waals surface area contributed by atoms with E-state index in [9.17, 15) is 9.18 Å². The minimum Gasteiger partial charge on any atom is -0.481 e. The predicted octanol–water partition coefficient (Wildman–Crippen LogP) is 3.37. The van der Waals surface area contributed by atoms with Gasteiger partial charge in [-0.05, 0) is 24.5 Å². The highest BCUT2D eigenvalue weighted by Gasteiger charge is 2.21. The van der Waals surface area contributed by atoms with Crippen LogP contribution in [0.2, 0.25) is 0 Å². The maximum Gasteiger partial charge on any atom is 0.311 e. The quantitative estimate of drug-likeness (QED) is 0.894. The first-order chi connectivity index (χ1) is 7.16. The van der Waals surface area contributed by atoms with Crippen LogP contribution in [-0.4, -0.2) is 17.8 Å². The summed E-state index contributed by atoms with van der Waals surface area (Å²) in [5.41, 5.74) is 0.707. The number of carboxylic acids is 1. The van der Waals surface area contributed by atoms with Gasteiger partial charge in [0.1, 0.15) is 0 Å². The molecule has 0 spiro atoms. The molecule has 4 heteroatoms. The van der Waals surface area contributed by atoms with E-state index in [-0.39, 0.29) is 6.42 Å². The van der Waals surface area contributed by atoms with Crippen molar-refractivity contribution in [3.8, 4) is 0 Å². The number of hydrogen-bond acceptors (Lipinski definition) is 1. The summed E-state index contributed by atoms with van der Waals surface area (Å²) in [4.78, 5) is 11.0. The van der Waals surface area contributed by atoms with Crippen molar-refractivity contribution < 1.29 is 14.3 Å². The number of halogens is 2. The van der Waals surface area contributed by atoms with Gasteiger partial charge in [0.15, 0.2) is 0 Å². The van der Waals surface area contributed by atoms with Crippen LogP contribution >= 0.6 is 15.9 Å². The van der Waals surface area contributed by atoms with Crippen LogP contribution in [0.15, 0.2) is 28.7 Å². The Balaban J connectivity index is 2.89. The van der Waals surface area contributed by atoms with Crippen molar-refractivity contribution in [3.05, 3.63) is 34.3 Å². The molecule has 0 heterocycles. The van der Waals surface area contributed by atoms with E-state index < -0.39 is 18.6 Å². The average Bonchev–Trinajstić information content (AvgIpc) is 2.20. The van der Waals surface area contributed by atoms with Gasteiger partial charge in [0, 0.05) is 4.47 Å². The Kier molecular flexibility index (Phi) is 4.75. The van der Waals surface area contributed by atoms with Crippen LogP contribution in [0.5, 0.6) is 0 Å². The Morgan fingerprint density at radius 3 is 2.67 bits per heavy atom. The first-order valence-electron chi connectivity index (χ1n) is 4.70. The molecule has 1 N–H and O–H groups in total. The first-order valence-corrected chi connectivity index (χ1v) is 5.49. The summed E-state index contributed by atoms with van der Waals surface area (Å²) < 4.78 is 12.8. The highest BCUT2D eigenvalue weighted by Crippen LogP contribution is 2.28. The van der Waals surface area contributed by atoms with Crippen LogP contribution in [0.25, 0.3) is 0 Å². The molecule has 1 unspecified atom stereocenters. The summed E-state index contributed by atoms with van der Waals surface area (Å²) in [5.74, 6) is -1.54. The Hall–Kier alpha value is -0.900. The lowest BCUT2D eigenvalue weighted by molar-refractivity contribution is -0.139. The summed E-state index contributed by atoms with van der Waals surface area (Å²) in [5, 5.41) is 9.03. The fourth-order valence-corrected chi connectivity index (χ4v) is 2.01. The van der Waals surface area contributed by atoms with Gasteiger partial charge in [-0.1, -0.05) is 34.1 Å². The van der Waals surface area contributed by atoms with Gasteiger partial charge < -0.3 is 5.11 Å². The molecule has 82 valence electrons. The SMILES string of the molecule is O=C(O)C(CCCF)c1ccccc1Br. The molecule has 1 aromatic carbocycles. The minimum atomic E-state index is -0.907. The Labute approximate surface area is 96.2 Å². The van der Waals surface area contributed by atoms with Crippen molar-refractivity contribution in [3.63, 3.8) is 0 Å². The lowest BCUT2D eigenvalue weighted by Crippen LogP contribution is -2.12. The molecule has 0 saturated carbocycles. The third-order valence-electron chi connectivity index (χ3n) is 2.21. The molecule has 0 bridgehead atoms. The van der Waals surface area contributed by atoms with Crippen molar-refractivity contribution in [2.75, 3.05) is 6.67 Å². The number of benzene rings is 1. The zero-order valence-corrected chi connectivity index (χ0v) is 9.71. The zero-order chi connectivity index (χ0) is 11.3. The molecule has 15 heavy (non-hydrogen) atoms. The number of carbonyl (C=O) groups is 1. The summed E-state index contributed by atoms with van der Waals surface area (Å²) in [6, 6.07) is 7.15. The molecule has 0 aromatic heterocycles.